The van der Waals surface area contributed by atoms with Crippen molar-refractivity contribution in [1.29, 1.82) is 0 Å². The summed E-state index contributed by atoms with van der Waals surface area (Å²) in [6.07, 6.45) is 5.02. The van der Waals surface area contributed by atoms with Crippen molar-refractivity contribution in [2.75, 3.05) is 0 Å². The number of nitrogens with one attached hydrogen (secondary N) is 1. The summed E-state index contributed by atoms with van der Waals surface area (Å²) in [6.45, 7) is 6.54. The number of aromatic nitrogens is 1. The molecule has 3 nitrogen and oxygen atoms in total. The van der Waals surface area contributed by atoms with Crippen molar-refractivity contribution in [2.24, 2.45) is 11.8 Å². The number of hydrogen-bond acceptors (Lipinski definition) is 3. The first-order chi connectivity index (χ1) is 7.71. The van der Waals surface area contributed by atoms with E-state index in [2.05, 4.69) is 43.3 Å². The maximum Gasteiger partial charge on any atom is 0.0419 e. The average molecular weight is 221 g/mol. The Kier molecular flexibility index (Phi) is 5.43. The lowest BCUT2D eigenvalue weighted by molar-refractivity contribution is 0.367. The van der Waals surface area contributed by atoms with Gasteiger partial charge >= 0.3 is 0 Å². The van der Waals surface area contributed by atoms with E-state index in [0.717, 1.165) is 25.0 Å². The quantitative estimate of drug-likeness (QED) is 0.571. The molecule has 3 N–H and O–H groups in total. The fourth-order valence-corrected chi connectivity index (χ4v) is 1.72. The normalized spacial score (nSPS) is 14.8. The van der Waals surface area contributed by atoms with E-state index in [1.807, 2.05) is 6.20 Å². The Hall–Kier alpha value is -0.930. The first-order valence-corrected chi connectivity index (χ1v) is 6.11. The van der Waals surface area contributed by atoms with Gasteiger partial charge in [-0.3, -0.25) is 16.3 Å². The standard InChI is InChI=1S/C13H23N3/c1-4-10(3)13(16-14)8-12-7-6-11(5-2)9-15-12/h6-7,9-10,13,16H,4-5,8,14H2,1-3H3. The SMILES string of the molecule is CCc1ccc(CC(NN)C(C)CC)nc1. The molecule has 1 rings (SSSR count). The molecular formula is C13H23N3. The lowest BCUT2D eigenvalue weighted by Gasteiger charge is -2.21. The molecule has 0 saturated heterocycles. The highest BCUT2D eigenvalue weighted by atomic mass is 15.2. The third kappa shape index (κ3) is 3.58. The van der Waals surface area contributed by atoms with Gasteiger partial charge in [0, 0.05) is 24.4 Å². The minimum atomic E-state index is 0.310. The van der Waals surface area contributed by atoms with E-state index in [1.54, 1.807) is 0 Å². The Morgan fingerprint density at radius 2 is 2.12 bits per heavy atom. The van der Waals surface area contributed by atoms with Gasteiger partial charge < -0.3 is 0 Å². The Labute approximate surface area is 98.4 Å². The molecule has 90 valence electrons. The van der Waals surface area contributed by atoms with Crippen LogP contribution in [0.15, 0.2) is 18.3 Å². The molecule has 0 bridgehead atoms. The molecule has 0 aromatic carbocycles. The fraction of sp³-hybridized carbons (Fsp3) is 0.615. The summed E-state index contributed by atoms with van der Waals surface area (Å²) in [7, 11) is 0. The Morgan fingerprint density at radius 1 is 1.38 bits per heavy atom. The fourth-order valence-electron chi connectivity index (χ4n) is 1.72. The number of hydrazine groups is 1. The molecule has 16 heavy (non-hydrogen) atoms. The topological polar surface area (TPSA) is 50.9 Å². The van der Waals surface area contributed by atoms with Crippen molar-refractivity contribution in [3.05, 3.63) is 29.6 Å². The van der Waals surface area contributed by atoms with Crippen LogP contribution in [-0.2, 0) is 12.8 Å². The third-order valence-corrected chi connectivity index (χ3v) is 3.27. The molecule has 3 heteroatoms. The number of nitrogens with zero attached hydrogens (tertiary/aromatic N) is 1. The van der Waals surface area contributed by atoms with Gasteiger partial charge in [-0.25, -0.2) is 0 Å². The molecule has 0 saturated carbocycles. The number of hydrogen-bond donors (Lipinski definition) is 2. The zero-order valence-electron chi connectivity index (χ0n) is 10.5. The Bertz CT molecular complexity index is 295. The molecule has 1 aromatic rings. The van der Waals surface area contributed by atoms with E-state index in [-0.39, 0.29) is 0 Å². The van der Waals surface area contributed by atoms with Gasteiger partial charge in [0.05, 0.1) is 0 Å². The van der Waals surface area contributed by atoms with Gasteiger partial charge in [0.25, 0.3) is 0 Å². The molecule has 0 aliphatic carbocycles. The van der Waals surface area contributed by atoms with Crippen LogP contribution >= 0.6 is 0 Å². The minimum absolute atomic E-state index is 0.310. The van der Waals surface area contributed by atoms with E-state index in [1.165, 1.54) is 5.56 Å². The minimum Gasteiger partial charge on any atom is -0.271 e. The highest BCUT2D eigenvalue weighted by molar-refractivity contribution is 5.14. The maximum absolute atomic E-state index is 5.58. The zero-order valence-corrected chi connectivity index (χ0v) is 10.5. The van der Waals surface area contributed by atoms with Gasteiger partial charge in [0.15, 0.2) is 0 Å². The molecule has 1 heterocycles. The van der Waals surface area contributed by atoms with E-state index in [0.29, 0.717) is 12.0 Å². The molecule has 2 atom stereocenters. The van der Waals surface area contributed by atoms with Gasteiger partial charge in [-0.2, -0.15) is 0 Å². The number of nitrogens with two attached hydrogens (primary N) is 1. The predicted octanol–water partition coefficient (Wildman–Crippen LogP) is 2.06. The third-order valence-electron chi connectivity index (χ3n) is 3.27. The van der Waals surface area contributed by atoms with Crippen LogP contribution in [0, 0.1) is 5.92 Å². The number of rotatable bonds is 6. The van der Waals surface area contributed by atoms with Crippen molar-refractivity contribution in [3.8, 4) is 0 Å². The summed E-state index contributed by atoms with van der Waals surface area (Å²) in [6, 6.07) is 4.56. The van der Waals surface area contributed by atoms with Crippen LogP contribution in [0.3, 0.4) is 0 Å². The van der Waals surface area contributed by atoms with Crippen LogP contribution < -0.4 is 11.3 Å². The van der Waals surface area contributed by atoms with Gasteiger partial charge in [-0.05, 0) is 24.0 Å². The van der Waals surface area contributed by atoms with Crippen molar-refractivity contribution in [3.63, 3.8) is 0 Å². The van der Waals surface area contributed by atoms with Crippen LogP contribution in [0.4, 0.5) is 0 Å². The molecule has 1 aromatic heterocycles. The summed E-state index contributed by atoms with van der Waals surface area (Å²) in [4.78, 5) is 4.46. The van der Waals surface area contributed by atoms with Crippen LogP contribution in [-0.4, -0.2) is 11.0 Å². The van der Waals surface area contributed by atoms with Crippen LogP contribution in [0.2, 0.25) is 0 Å². The van der Waals surface area contributed by atoms with E-state index in [9.17, 15) is 0 Å². The second kappa shape index (κ2) is 6.61. The number of pyridine rings is 1. The van der Waals surface area contributed by atoms with E-state index in [4.69, 9.17) is 5.84 Å². The van der Waals surface area contributed by atoms with Gasteiger partial charge in [0.1, 0.15) is 0 Å². The predicted molar refractivity (Wildman–Crippen MR) is 67.9 cm³/mol. The summed E-state index contributed by atoms with van der Waals surface area (Å²) < 4.78 is 0. The summed E-state index contributed by atoms with van der Waals surface area (Å²) in [5, 5.41) is 0. The van der Waals surface area contributed by atoms with Gasteiger partial charge in [-0.15, -0.1) is 0 Å². The highest BCUT2D eigenvalue weighted by Gasteiger charge is 2.14. The zero-order chi connectivity index (χ0) is 12.0. The molecule has 0 fully saturated rings. The second-order valence-electron chi connectivity index (χ2n) is 4.37. The van der Waals surface area contributed by atoms with Gasteiger partial charge in [-0.1, -0.05) is 33.3 Å². The van der Waals surface area contributed by atoms with Crippen molar-refractivity contribution in [1.82, 2.24) is 10.4 Å². The molecule has 0 aliphatic heterocycles. The maximum atomic E-state index is 5.58. The highest BCUT2D eigenvalue weighted by Crippen LogP contribution is 2.12. The van der Waals surface area contributed by atoms with E-state index >= 15 is 0 Å². The van der Waals surface area contributed by atoms with Crippen LogP contribution in [0.5, 0.6) is 0 Å². The molecular weight excluding hydrogens is 198 g/mol. The number of aryl methyl sites for hydroxylation is 1. The second-order valence-corrected chi connectivity index (χ2v) is 4.37. The van der Waals surface area contributed by atoms with E-state index < -0.39 is 0 Å². The lowest BCUT2D eigenvalue weighted by Crippen LogP contribution is -2.41. The summed E-state index contributed by atoms with van der Waals surface area (Å²) in [5.41, 5.74) is 5.28. The molecule has 0 aliphatic rings. The van der Waals surface area contributed by atoms with Crippen molar-refractivity contribution >= 4 is 0 Å². The monoisotopic (exact) mass is 221 g/mol. The lowest BCUT2D eigenvalue weighted by atomic mass is 9.95. The summed E-state index contributed by atoms with van der Waals surface area (Å²) in [5.74, 6) is 6.14. The molecule has 0 spiro atoms. The molecule has 2 unspecified atom stereocenters. The van der Waals surface area contributed by atoms with Crippen molar-refractivity contribution in [2.45, 2.75) is 46.1 Å². The van der Waals surface area contributed by atoms with Crippen LogP contribution in [0.25, 0.3) is 0 Å². The Balaban J connectivity index is 2.63. The smallest absolute Gasteiger partial charge is 0.0419 e. The largest absolute Gasteiger partial charge is 0.271 e. The molecule has 0 radical (unpaired) electrons. The Morgan fingerprint density at radius 3 is 2.56 bits per heavy atom. The summed E-state index contributed by atoms with van der Waals surface area (Å²) >= 11 is 0. The first kappa shape index (κ1) is 13.1. The molecule has 0 amide bonds. The average Bonchev–Trinajstić information content (AvgIpc) is 2.35. The first-order valence-electron chi connectivity index (χ1n) is 6.11. The van der Waals surface area contributed by atoms with Crippen LogP contribution in [0.1, 0.15) is 38.4 Å². The van der Waals surface area contributed by atoms with Crippen molar-refractivity contribution < 1.29 is 0 Å². The van der Waals surface area contributed by atoms with Gasteiger partial charge in [0.2, 0.25) is 0 Å².